The maximum absolute atomic E-state index is 11.1. The number of nitrogens with one attached hydrogen (secondary N) is 2. The van der Waals surface area contributed by atoms with Gasteiger partial charge in [0.05, 0.1) is 18.1 Å². The van der Waals surface area contributed by atoms with Crippen molar-refractivity contribution in [1.29, 1.82) is 0 Å². The minimum Gasteiger partial charge on any atom is -0.480 e. The van der Waals surface area contributed by atoms with Gasteiger partial charge in [-0.15, -0.1) is 11.3 Å². The Labute approximate surface area is 84.7 Å². The molecule has 3 N–H and O–H groups in total. The van der Waals surface area contributed by atoms with E-state index in [2.05, 4.69) is 10.6 Å². The molecule has 5 nitrogen and oxygen atoms in total. The molecule has 0 aliphatic rings. The molecule has 1 amide bonds. The van der Waals surface area contributed by atoms with Crippen LogP contribution in [0.15, 0.2) is 17.5 Å². The van der Waals surface area contributed by atoms with Crippen molar-refractivity contribution in [1.82, 2.24) is 5.32 Å². The standard InChI is InChI=1S/C8H10N2O3S/c11-6(4-9-5-8(12)13)10-7-2-1-3-14-7/h1-3,9H,4-5H2,(H,10,11)(H,12,13). The van der Waals surface area contributed by atoms with Crippen molar-refractivity contribution in [2.45, 2.75) is 0 Å². The third-order valence-corrected chi connectivity index (χ3v) is 2.13. The lowest BCUT2D eigenvalue weighted by atomic mass is 10.5. The number of aliphatic carboxylic acids is 1. The number of carbonyl (C=O) groups excluding carboxylic acids is 1. The molecule has 0 unspecified atom stereocenters. The summed E-state index contributed by atoms with van der Waals surface area (Å²) in [6, 6.07) is 3.60. The maximum Gasteiger partial charge on any atom is 0.317 e. The lowest BCUT2D eigenvalue weighted by Gasteiger charge is -2.02. The van der Waals surface area contributed by atoms with E-state index in [0.717, 1.165) is 5.00 Å². The van der Waals surface area contributed by atoms with Crippen LogP contribution in [0.3, 0.4) is 0 Å². The minimum absolute atomic E-state index is 0.00417. The highest BCUT2D eigenvalue weighted by molar-refractivity contribution is 7.14. The van der Waals surface area contributed by atoms with Crippen molar-refractivity contribution in [3.8, 4) is 0 Å². The summed E-state index contributed by atoms with van der Waals surface area (Å²) in [5.74, 6) is -1.22. The van der Waals surface area contributed by atoms with Gasteiger partial charge in [-0.2, -0.15) is 0 Å². The Bertz CT molecular complexity index is 310. The number of carboxylic acid groups (broad SMARTS) is 1. The largest absolute Gasteiger partial charge is 0.480 e. The van der Waals surface area contributed by atoms with Crippen molar-refractivity contribution < 1.29 is 14.7 Å². The second kappa shape index (κ2) is 5.36. The summed E-state index contributed by atoms with van der Waals surface area (Å²) in [5.41, 5.74) is 0. The molecule has 0 saturated heterocycles. The predicted molar refractivity (Wildman–Crippen MR) is 53.5 cm³/mol. The first kappa shape index (κ1) is 10.7. The van der Waals surface area contributed by atoms with Crippen LogP contribution in [0.5, 0.6) is 0 Å². The highest BCUT2D eigenvalue weighted by Gasteiger charge is 2.03. The Morgan fingerprint density at radius 1 is 1.43 bits per heavy atom. The fourth-order valence-corrected chi connectivity index (χ4v) is 1.45. The summed E-state index contributed by atoms with van der Waals surface area (Å²) in [4.78, 5) is 21.2. The van der Waals surface area contributed by atoms with Gasteiger partial charge in [0, 0.05) is 0 Å². The summed E-state index contributed by atoms with van der Waals surface area (Å²) in [6.45, 7) is -0.206. The van der Waals surface area contributed by atoms with E-state index in [1.807, 2.05) is 11.4 Å². The maximum atomic E-state index is 11.1. The third-order valence-electron chi connectivity index (χ3n) is 1.35. The lowest BCUT2D eigenvalue weighted by Crippen LogP contribution is -2.31. The second-order valence-electron chi connectivity index (χ2n) is 2.52. The summed E-state index contributed by atoms with van der Waals surface area (Å²) in [5, 5.41) is 16.0. The Morgan fingerprint density at radius 3 is 2.79 bits per heavy atom. The fourth-order valence-electron chi connectivity index (χ4n) is 0.814. The Kier molecular flexibility index (Phi) is 4.09. The van der Waals surface area contributed by atoms with Gasteiger partial charge in [0.15, 0.2) is 0 Å². The van der Waals surface area contributed by atoms with Gasteiger partial charge < -0.3 is 10.4 Å². The number of anilines is 1. The van der Waals surface area contributed by atoms with Crippen LogP contribution in [0.4, 0.5) is 5.00 Å². The first-order chi connectivity index (χ1) is 6.68. The van der Waals surface area contributed by atoms with Gasteiger partial charge in [-0.3, -0.25) is 14.9 Å². The van der Waals surface area contributed by atoms with Crippen LogP contribution >= 0.6 is 11.3 Å². The van der Waals surface area contributed by atoms with Gasteiger partial charge >= 0.3 is 5.97 Å². The smallest absolute Gasteiger partial charge is 0.317 e. The number of amides is 1. The zero-order valence-electron chi connectivity index (χ0n) is 7.32. The predicted octanol–water partition coefficient (Wildman–Crippen LogP) is 0.361. The quantitative estimate of drug-likeness (QED) is 0.661. The zero-order valence-corrected chi connectivity index (χ0v) is 8.13. The van der Waals surface area contributed by atoms with E-state index in [1.165, 1.54) is 11.3 Å². The molecular weight excluding hydrogens is 204 g/mol. The van der Waals surface area contributed by atoms with Gasteiger partial charge in [0.1, 0.15) is 0 Å². The molecule has 6 heteroatoms. The average Bonchev–Trinajstić information content (AvgIpc) is 2.56. The zero-order chi connectivity index (χ0) is 10.4. The summed E-state index contributed by atoms with van der Waals surface area (Å²) in [7, 11) is 0. The molecule has 0 aliphatic heterocycles. The van der Waals surface area contributed by atoms with E-state index in [4.69, 9.17) is 5.11 Å². The molecule has 76 valence electrons. The molecule has 1 aromatic heterocycles. The first-order valence-corrected chi connectivity index (χ1v) is 4.82. The number of carboxylic acids is 1. The van der Waals surface area contributed by atoms with Gasteiger partial charge in [-0.1, -0.05) is 0 Å². The molecule has 0 saturated carbocycles. The van der Waals surface area contributed by atoms with Crippen LogP contribution in [-0.2, 0) is 9.59 Å². The van der Waals surface area contributed by atoms with Crippen molar-refractivity contribution in [3.05, 3.63) is 17.5 Å². The molecule has 1 rings (SSSR count). The SMILES string of the molecule is O=C(O)CNCC(=O)Nc1cccs1. The minimum atomic E-state index is -0.978. The Morgan fingerprint density at radius 2 is 2.21 bits per heavy atom. The van der Waals surface area contributed by atoms with Crippen LogP contribution in [0.25, 0.3) is 0 Å². The molecule has 14 heavy (non-hydrogen) atoms. The number of hydrogen-bond acceptors (Lipinski definition) is 4. The van der Waals surface area contributed by atoms with Gasteiger partial charge in [-0.25, -0.2) is 0 Å². The Balaban J connectivity index is 2.20. The van der Waals surface area contributed by atoms with Crippen molar-refractivity contribution in [2.24, 2.45) is 0 Å². The molecule has 1 heterocycles. The van der Waals surface area contributed by atoms with Gasteiger partial charge in [0.25, 0.3) is 0 Å². The number of hydrogen-bond donors (Lipinski definition) is 3. The van der Waals surface area contributed by atoms with Crippen LogP contribution in [0.1, 0.15) is 0 Å². The van der Waals surface area contributed by atoms with E-state index in [-0.39, 0.29) is 19.0 Å². The lowest BCUT2D eigenvalue weighted by molar-refractivity contribution is -0.135. The highest BCUT2D eigenvalue weighted by atomic mass is 32.1. The van der Waals surface area contributed by atoms with Gasteiger partial charge in [-0.05, 0) is 17.5 Å². The van der Waals surface area contributed by atoms with Crippen LogP contribution in [0.2, 0.25) is 0 Å². The van der Waals surface area contributed by atoms with Crippen molar-refractivity contribution >= 4 is 28.2 Å². The van der Waals surface area contributed by atoms with E-state index in [1.54, 1.807) is 6.07 Å². The van der Waals surface area contributed by atoms with Crippen LogP contribution in [0, 0.1) is 0 Å². The molecule has 0 fully saturated rings. The average molecular weight is 214 g/mol. The fraction of sp³-hybridized carbons (Fsp3) is 0.250. The number of rotatable bonds is 5. The normalized spacial score (nSPS) is 9.71. The van der Waals surface area contributed by atoms with Crippen LogP contribution in [-0.4, -0.2) is 30.1 Å². The number of thiophene rings is 1. The molecule has 1 aromatic rings. The van der Waals surface area contributed by atoms with Crippen molar-refractivity contribution in [3.63, 3.8) is 0 Å². The second-order valence-corrected chi connectivity index (χ2v) is 3.47. The summed E-state index contributed by atoms with van der Waals surface area (Å²) >= 11 is 1.41. The number of carbonyl (C=O) groups is 2. The molecule has 0 radical (unpaired) electrons. The van der Waals surface area contributed by atoms with Crippen LogP contribution < -0.4 is 10.6 Å². The summed E-state index contributed by atoms with van der Waals surface area (Å²) in [6.07, 6.45) is 0. The first-order valence-electron chi connectivity index (χ1n) is 3.94. The highest BCUT2D eigenvalue weighted by Crippen LogP contribution is 2.14. The third kappa shape index (κ3) is 4.01. The molecule has 0 spiro atoms. The van der Waals surface area contributed by atoms with E-state index >= 15 is 0 Å². The van der Waals surface area contributed by atoms with E-state index in [9.17, 15) is 9.59 Å². The monoisotopic (exact) mass is 214 g/mol. The van der Waals surface area contributed by atoms with Gasteiger partial charge in [0.2, 0.25) is 5.91 Å². The molecule has 0 aliphatic carbocycles. The Hall–Kier alpha value is -1.40. The summed E-state index contributed by atoms with van der Waals surface area (Å²) < 4.78 is 0. The topological polar surface area (TPSA) is 78.4 Å². The van der Waals surface area contributed by atoms with E-state index < -0.39 is 5.97 Å². The molecule has 0 aromatic carbocycles. The van der Waals surface area contributed by atoms with Crippen molar-refractivity contribution in [2.75, 3.05) is 18.4 Å². The van der Waals surface area contributed by atoms with E-state index in [0.29, 0.717) is 0 Å². The molecule has 0 atom stereocenters. The molecule has 0 bridgehead atoms. The molecular formula is C8H10N2O3S.